The van der Waals surface area contributed by atoms with Crippen LogP contribution >= 0.6 is 0 Å². The van der Waals surface area contributed by atoms with Crippen LogP contribution in [0.15, 0.2) is 12.1 Å². The fraction of sp³-hybridized carbons (Fsp3) is 0.562. The predicted octanol–water partition coefficient (Wildman–Crippen LogP) is 3.13. The number of benzene rings is 1. The summed E-state index contributed by atoms with van der Waals surface area (Å²) in [5.41, 5.74) is 9.00. The largest absolute Gasteiger partial charge is 0.465 e. The highest BCUT2D eigenvalue weighted by Crippen LogP contribution is 2.29. The lowest BCUT2D eigenvalue weighted by Gasteiger charge is -2.30. The Morgan fingerprint density at radius 2 is 2.10 bits per heavy atom. The van der Waals surface area contributed by atoms with E-state index >= 15 is 0 Å². The Balaban J connectivity index is 2.40. The summed E-state index contributed by atoms with van der Waals surface area (Å²) in [4.78, 5) is 14.2. The molecular weight excluding hydrogens is 252 g/mol. The summed E-state index contributed by atoms with van der Waals surface area (Å²) in [5, 5.41) is 0. The summed E-state index contributed by atoms with van der Waals surface area (Å²) in [7, 11) is 1.39. The first-order chi connectivity index (χ1) is 9.54. The molecule has 1 fully saturated rings. The molecule has 1 aliphatic heterocycles. The van der Waals surface area contributed by atoms with E-state index in [0.29, 0.717) is 17.3 Å². The van der Waals surface area contributed by atoms with Gasteiger partial charge in [-0.25, -0.2) is 4.79 Å². The third kappa shape index (κ3) is 2.89. The molecule has 0 bridgehead atoms. The van der Waals surface area contributed by atoms with Crippen LogP contribution in [0.5, 0.6) is 0 Å². The van der Waals surface area contributed by atoms with E-state index in [4.69, 9.17) is 10.5 Å². The van der Waals surface area contributed by atoms with Gasteiger partial charge in [-0.2, -0.15) is 0 Å². The first-order valence-corrected chi connectivity index (χ1v) is 7.29. The van der Waals surface area contributed by atoms with Gasteiger partial charge in [-0.05, 0) is 44.4 Å². The van der Waals surface area contributed by atoms with Gasteiger partial charge < -0.3 is 15.4 Å². The molecule has 1 aliphatic rings. The van der Waals surface area contributed by atoms with Crippen molar-refractivity contribution in [2.45, 2.75) is 45.6 Å². The maximum atomic E-state index is 11.9. The molecule has 1 saturated heterocycles. The van der Waals surface area contributed by atoms with Crippen molar-refractivity contribution < 1.29 is 9.53 Å². The van der Waals surface area contributed by atoms with Gasteiger partial charge in [0.1, 0.15) is 0 Å². The van der Waals surface area contributed by atoms with E-state index in [2.05, 4.69) is 17.9 Å². The van der Waals surface area contributed by atoms with Gasteiger partial charge in [0.05, 0.1) is 12.7 Å². The summed E-state index contributed by atoms with van der Waals surface area (Å²) >= 11 is 0. The minimum absolute atomic E-state index is 0.366. The normalized spacial score (nSPS) is 19.6. The highest BCUT2D eigenvalue weighted by Gasteiger charge is 2.21. The Bertz CT molecular complexity index is 499. The monoisotopic (exact) mass is 276 g/mol. The smallest absolute Gasteiger partial charge is 0.340 e. The van der Waals surface area contributed by atoms with Gasteiger partial charge in [0, 0.05) is 24.0 Å². The van der Waals surface area contributed by atoms with Gasteiger partial charge >= 0.3 is 5.97 Å². The van der Waals surface area contributed by atoms with Gasteiger partial charge in [0.2, 0.25) is 0 Å². The highest BCUT2D eigenvalue weighted by molar-refractivity contribution is 5.97. The maximum absolute atomic E-state index is 11.9. The van der Waals surface area contributed by atoms with Crippen LogP contribution in [0.25, 0.3) is 0 Å². The number of anilines is 2. The zero-order chi connectivity index (χ0) is 14.7. The van der Waals surface area contributed by atoms with Gasteiger partial charge in [-0.3, -0.25) is 0 Å². The van der Waals surface area contributed by atoms with Crippen LogP contribution in [0.3, 0.4) is 0 Å². The zero-order valence-electron chi connectivity index (χ0n) is 12.6. The molecule has 4 nitrogen and oxygen atoms in total. The Morgan fingerprint density at radius 3 is 2.80 bits per heavy atom. The predicted molar refractivity (Wildman–Crippen MR) is 82.2 cm³/mol. The van der Waals surface area contributed by atoms with Crippen molar-refractivity contribution in [3.8, 4) is 0 Å². The molecule has 1 aromatic rings. The molecule has 0 spiro atoms. The number of carbonyl (C=O) groups is 1. The summed E-state index contributed by atoms with van der Waals surface area (Å²) in [6, 6.07) is 4.44. The minimum Gasteiger partial charge on any atom is -0.465 e. The number of hydrogen-bond donors (Lipinski definition) is 1. The quantitative estimate of drug-likeness (QED) is 0.666. The van der Waals surface area contributed by atoms with E-state index in [-0.39, 0.29) is 5.97 Å². The number of esters is 1. The molecule has 1 atom stereocenters. The topological polar surface area (TPSA) is 55.6 Å². The average molecular weight is 276 g/mol. The van der Waals surface area contributed by atoms with Crippen molar-refractivity contribution in [2.75, 3.05) is 24.3 Å². The fourth-order valence-electron chi connectivity index (χ4n) is 2.88. The standard InChI is InChI=1S/C16H24N2O2/c1-11-9-13(10-14(15(11)17)16(19)20-3)18-8-6-4-5-7-12(18)2/h9-10,12H,4-8,17H2,1-3H3. The van der Waals surface area contributed by atoms with Gasteiger partial charge in [0.25, 0.3) is 0 Å². The number of carbonyl (C=O) groups excluding carboxylic acids is 1. The van der Waals surface area contributed by atoms with Crippen molar-refractivity contribution >= 4 is 17.3 Å². The van der Waals surface area contributed by atoms with Crippen LogP contribution in [0, 0.1) is 6.92 Å². The molecule has 1 heterocycles. The van der Waals surface area contributed by atoms with Gasteiger partial charge in [-0.15, -0.1) is 0 Å². The number of methoxy groups -OCH3 is 1. The summed E-state index contributed by atoms with van der Waals surface area (Å²) in [6.07, 6.45) is 4.94. The molecule has 0 radical (unpaired) electrons. The summed E-state index contributed by atoms with van der Waals surface area (Å²) < 4.78 is 4.83. The number of aryl methyl sites for hydroxylation is 1. The van der Waals surface area contributed by atoms with E-state index in [9.17, 15) is 4.79 Å². The summed E-state index contributed by atoms with van der Waals surface area (Å²) in [5.74, 6) is -0.366. The number of rotatable bonds is 2. The highest BCUT2D eigenvalue weighted by atomic mass is 16.5. The summed E-state index contributed by atoms with van der Waals surface area (Å²) in [6.45, 7) is 5.22. The molecule has 0 aromatic heterocycles. The molecule has 2 rings (SSSR count). The minimum atomic E-state index is -0.366. The molecule has 20 heavy (non-hydrogen) atoms. The van der Waals surface area contributed by atoms with Crippen LogP contribution in [0.4, 0.5) is 11.4 Å². The van der Waals surface area contributed by atoms with Crippen LogP contribution in [0.2, 0.25) is 0 Å². The van der Waals surface area contributed by atoms with Crippen LogP contribution < -0.4 is 10.6 Å². The second-order valence-electron chi connectivity index (χ2n) is 5.61. The second-order valence-corrected chi connectivity index (χ2v) is 5.61. The molecular formula is C16H24N2O2. The number of nitrogen functional groups attached to an aromatic ring is 1. The Labute approximate surface area is 120 Å². The van der Waals surface area contributed by atoms with E-state index < -0.39 is 0 Å². The third-order valence-electron chi connectivity index (χ3n) is 4.16. The number of nitrogens with zero attached hydrogens (tertiary/aromatic N) is 1. The molecule has 0 aliphatic carbocycles. The molecule has 2 N–H and O–H groups in total. The van der Waals surface area contributed by atoms with Crippen LogP contribution in [0.1, 0.15) is 48.5 Å². The average Bonchev–Trinajstić information content (AvgIpc) is 2.65. The van der Waals surface area contributed by atoms with E-state index in [0.717, 1.165) is 17.8 Å². The number of hydrogen-bond acceptors (Lipinski definition) is 4. The Kier molecular flexibility index (Phi) is 4.53. The van der Waals surface area contributed by atoms with Crippen molar-refractivity contribution in [1.29, 1.82) is 0 Å². The SMILES string of the molecule is COC(=O)c1cc(N2CCCCCC2C)cc(C)c1N. The maximum Gasteiger partial charge on any atom is 0.340 e. The van der Waals surface area contributed by atoms with E-state index in [1.54, 1.807) is 0 Å². The fourth-order valence-corrected chi connectivity index (χ4v) is 2.88. The molecule has 110 valence electrons. The molecule has 1 unspecified atom stereocenters. The second kappa shape index (κ2) is 6.16. The van der Waals surface area contributed by atoms with Crippen molar-refractivity contribution in [2.24, 2.45) is 0 Å². The lowest BCUT2D eigenvalue weighted by Crippen LogP contribution is -2.32. The lowest BCUT2D eigenvalue weighted by molar-refractivity contribution is 0.0602. The molecule has 0 amide bonds. The first-order valence-electron chi connectivity index (χ1n) is 7.29. The molecule has 1 aromatic carbocycles. The van der Waals surface area contributed by atoms with Gasteiger partial charge in [0.15, 0.2) is 0 Å². The van der Waals surface area contributed by atoms with Crippen molar-refractivity contribution in [3.63, 3.8) is 0 Å². The van der Waals surface area contributed by atoms with Crippen molar-refractivity contribution in [1.82, 2.24) is 0 Å². The molecule has 4 heteroatoms. The van der Waals surface area contributed by atoms with Crippen molar-refractivity contribution in [3.05, 3.63) is 23.3 Å². The number of nitrogens with two attached hydrogens (primary N) is 1. The number of ether oxygens (including phenoxy) is 1. The first kappa shape index (κ1) is 14.7. The van der Waals surface area contributed by atoms with E-state index in [1.165, 1.54) is 32.8 Å². The molecule has 0 saturated carbocycles. The Hall–Kier alpha value is -1.71. The van der Waals surface area contributed by atoms with Gasteiger partial charge in [-0.1, -0.05) is 12.8 Å². The van der Waals surface area contributed by atoms with Crippen LogP contribution in [-0.2, 0) is 4.74 Å². The van der Waals surface area contributed by atoms with Crippen LogP contribution in [-0.4, -0.2) is 25.7 Å². The third-order valence-corrected chi connectivity index (χ3v) is 4.16. The zero-order valence-corrected chi connectivity index (χ0v) is 12.6. The Morgan fingerprint density at radius 1 is 1.35 bits per heavy atom. The lowest BCUT2D eigenvalue weighted by atomic mass is 10.0. The van der Waals surface area contributed by atoms with E-state index in [1.807, 2.05) is 13.0 Å².